The minimum absolute atomic E-state index is 0.0414. The van der Waals surface area contributed by atoms with E-state index in [1.807, 2.05) is 31.2 Å². The molecular formula is C18H19N3O5. The highest BCUT2D eigenvalue weighted by atomic mass is 16.6. The summed E-state index contributed by atoms with van der Waals surface area (Å²) in [6.07, 6.45) is 1.31. The van der Waals surface area contributed by atoms with E-state index in [4.69, 9.17) is 9.57 Å². The number of carbonyl (C=O) groups excluding carboxylic acids is 1. The second-order valence-corrected chi connectivity index (χ2v) is 5.37. The molecule has 26 heavy (non-hydrogen) atoms. The van der Waals surface area contributed by atoms with Crippen molar-refractivity contribution in [1.82, 2.24) is 5.32 Å². The van der Waals surface area contributed by atoms with Crippen LogP contribution < -0.4 is 10.1 Å². The predicted molar refractivity (Wildman–Crippen MR) is 96.3 cm³/mol. The molecule has 136 valence electrons. The van der Waals surface area contributed by atoms with Crippen LogP contribution in [0, 0.1) is 17.0 Å². The van der Waals surface area contributed by atoms with Crippen LogP contribution >= 0.6 is 0 Å². The third-order valence-electron chi connectivity index (χ3n) is 3.24. The van der Waals surface area contributed by atoms with Gasteiger partial charge in [0, 0.05) is 17.7 Å². The summed E-state index contributed by atoms with van der Waals surface area (Å²) in [6.45, 7) is 2.40. The molecular weight excluding hydrogens is 338 g/mol. The number of hydrogen-bond donors (Lipinski definition) is 1. The monoisotopic (exact) mass is 357 g/mol. The van der Waals surface area contributed by atoms with Crippen molar-refractivity contribution in [2.24, 2.45) is 5.16 Å². The molecule has 0 aliphatic heterocycles. The quantitative estimate of drug-likeness (QED) is 0.321. The van der Waals surface area contributed by atoms with Gasteiger partial charge in [0.15, 0.2) is 6.61 Å². The highest BCUT2D eigenvalue weighted by Gasteiger charge is 2.04. The molecule has 2 rings (SSSR count). The van der Waals surface area contributed by atoms with Gasteiger partial charge in [0.1, 0.15) is 12.4 Å². The van der Waals surface area contributed by atoms with E-state index in [0.29, 0.717) is 18.7 Å². The lowest BCUT2D eigenvalue weighted by molar-refractivity contribution is -0.384. The molecule has 8 heteroatoms. The average molecular weight is 357 g/mol. The predicted octanol–water partition coefficient (Wildman–Crippen LogP) is 2.45. The Morgan fingerprint density at radius 1 is 1.27 bits per heavy atom. The van der Waals surface area contributed by atoms with Gasteiger partial charge < -0.3 is 14.9 Å². The number of nitrogens with one attached hydrogen (secondary N) is 1. The smallest absolute Gasteiger partial charge is 0.270 e. The first-order valence-electron chi connectivity index (χ1n) is 7.90. The van der Waals surface area contributed by atoms with Gasteiger partial charge in [-0.25, -0.2) is 0 Å². The minimum Gasteiger partial charge on any atom is -0.492 e. The summed E-state index contributed by atoms with van der Waals surface area (Å²) < 4.78 is 5.51. The summed E-state index contributed by atoms with van der Waals surface area (Å²) in [6, 6.07) is 13.5. The van der Waals surface area contributed by atoms with Crippen molar-refractivity contribution < 1.29 is 19.3 Å². The Balaban J connectivity index is 1.64. The van der Waals surface area contributed by atoms with Crippen LogP contribution in [-0.4, -0.2) is 36.8 Å². The zero-order valence-electron chi connectivity index (χ0n) is 14.3. The first-order chi connectivity index (χ1) is 12.5. The van der Waals surface area contributed by atoms with Crippen LogP contribution in [0.1, 0.15) is 11.1 Å². The van der Waals surface area contributed by atoms with Gasteiger partial charge >= 0.3 is 0 Å². The zero-order valence-corrected chi connectivity index (χ0v) is 14.3. The van der Waals surface area contributed by atoms with Crippen LogP contribution in [-0.2, 0) is 9.63 Å². The largest absolute Gasteiger partial charge is 0.492 e. The van der Waals surface area contributed by atoms with Gasteiger partial charge in [-0.05, 0) is 24.6 Å². The van der Waals surface area contributed by atoms with Gasteiger partial charge in [-0.2, -0.15) is 0 Å². The number of amides is 1. The Hall–Kier alpha value is -3.42. The van der Waals surface area contributed by atoms with Gasteiger partial charge in [-0.15, -0.1) is 0 Å². The van der Waals surface area contributed by atoms with Gasteiger partial charge in [0.2, 0.25) is 0 Å². The number of hydrogen-bond acceptors (Lipinski definition) is 6. The fraction of sp³-hybridized carbons (Fsp3) is 0.222. The maximum absolute atomic E-state index is 11.6. The molecule has 0 aromatic heterocycles. The molecule has 0 aliphatic rings. The van der Waals surface area contributed by atoms with Crippen molar-refractivity contribution >= 4 is 17.8 Å². The van der Waals surface area contributed by atoms with Crippen molar-refractivity contribution in [3.05, 3.63) is 69.8 Å². The van der Waals surface area contributed by atoms with Gasteiger partial charge in [-0.1, -0.05) is 29.4 Å². The van der Waals surface area contributed by atoms with Crippen molar-refractivity contribution in [3.63, 3.8) is 0 Å². The highest BCUT2D eigenvalue weighted by Crippen LogP contribution is 2.12. The summed E-state index contributed by atoms with van der Waals surface area (Å²) >= 11 is 0. The molecule has 0 saturated heterocycles. The first-order valence-corrected chi connectivity index (χ1v) is 7.90. The lowest BCUT2D eigenvalue weighted by Gasteiger charge is -2.07. The Morgan fingerprint density at radius 2 is 2.08 bits per heavy atom. The van der Waals surface area contributed by atoms with Crippen LogP contribution in [0.2, 0.25) is 0 Å². The van der Waals surface area contributed by atoms with Gasteiger partial charge in [0.25, 0.3) is 11.6 Å². The van der Waals surface area contributed by atoms with Gasteiger partial charge in [-0.3, -0.25) is 14.9 Å². The molecule has 0 bridgehead atoms. The van der Waals surface area contributed by atoms with E-state index in [-0.39, 0.29) is 18.2 Å². The number of carbonyl (C=O) groups is 1. The van der Waals surface area contributed by atoms with Crippen molar-refractivity contribution in [3.8, 4) is 5.75 Å². The van der Waals surface area contributed by atoms with E-state index in [1.165, 1.54) is 18.3 Å². The normalized spacial score (nSPS) is 10.5. The molecule has 0 heterocycles. The van der Waals surface area contributed by atoms with E-state index in [2.05, 4.69) is 10.5 Å². The molecule has 2 aromatic carbocycles. The summed E-state index contributed by atoms with van der Waals surface area (Å²) in [7, 11) is 0. The molecule has 0 spiro atoms. The Kier molecular flexibility index (Phi) is 7.11. The standard InChI is InChI=1S/C18H19N3O5/c1-14-4-2-7-17(10-14)25-9-8-19-18(22)13-26-20-12-15-5-3-6-16(11-15)21(23)24/h2-7,10-12H,8-9,13H2,1H3,(H,19,22)/b20-12-. The van der Waals surface area contributed by atoms with Crippen molar-refractivity contribution in [1.29, 1.82) is 0 Å². The molecule has 2 aromatic rings. The first kappa shape index (κ1) is 18.9. The number of oxime groups is 1. The number of nitrogens with zero attached hydrogens (tertiary/aromatic N) is 2. The lowest BCUT2D eigenvalue weighted by atomic mass is 10.2. The maximum Gasteiger partial charge on any atom is 0.270 e. The molecule has 0 atom stereocenters. The topological polar surface area (TPSA) is 103 Å². The zero-order chi connectivity index (χ0) is 18.8. The number of nitro benzene ring substituents is 1. The fourth-order valence-electron chi connectivity index (χ4n) is 2.03. The Bertz CT molecular complexity index is 792. The van der Waals surface area contributed by atoms with E-state index < -0.39 is 4.92 Å². The van der Waals surface area contributed by atoms with Crippen molar-refractivity contribution in [2.75, 3.05) is 19.8 Å². The number of non-ortho nitro benzene ring substituents is 1. The molecule has 0 unspecified atom stereocenters. The summed E-state index contributed by atoms with van der Waals surface area (Å²) in [4.78, 5) is 26.7. The van der Waals surface area contributed by atoms with Crippen molar-refractivity contribution in [2.45, 2.75) is 6.92 Å². The molecule has 1 N–H and O–H groups in total. The van der Waals surface area contributed by atoms with Crippen LogP contribution in [0.5, 0.6) is 5.75 Å². The fourth-order valence-corrected chi connectivity index (χ4v) is 2.03. The second kappa shape index (κ2) is 9.77. The molecule has 8 nitrogen and oxygen atoms in total. The van der Waals surface area contributed by atoms with Crippen LogP contribution in [0.15, 0.2) is 53.7 Å². The maximum atomic E-state index is 11.6. The lowest BCUT2D eigenvalue weighted by Crippen LogP contribution is -2.30. The Morgan fingerprint density at radius 3 is 2.85 bits per heavy atom. The van der Waals surface area contributed by atoms with Crippen LogP contribution in [0.25, 0.3) is 0 Å². The molecule has 0 aliphatic carbocycles. The molecule has 0 saturated carbocycles. The van der Waals surface area contributed by atoms with Gasteiger partial charge in [0.05, 0.1) is 17.7 Å². The number of benzene rings is 2. The van der Waals surface area contributed by atoms with E-state index in [9.17, 15) is 14.9 Å². The second-order valence-electron chi connectivity index (χ2n) is 5.37. The third-order valence-corrected chi connectivity index (χ3v) is 3.24. The van der Waals surface area contributed by atoms with E-state index in [1.54, 1.807) is 12.1 Å². The van der Waals surface area contributed by atoms with Crippen LogP contribution in [0.4, 0.5) is 5.69 Å². The SMILES string of the molecule is Cc1cccc(OCCNC(=O)CO/N=C\c2cccc([N+](=O)[O-])c2)c1. The average Bonchev–Trinajstić information content (AvgIpc) is 2.63. The summed E-state index contributed by atoms with van der Waals surface area (Å²) in [5, 5.41) is 16.9. The minimum atomic E-state index is -0.496. The number of rotatable bonds is 9. The molecule has 0 radical (unpaired) electrons. The highest BCUT2D eigenvalue weighted by molar-refractivity contribution is 5.80. The number of ether oxygens (including phenoxy) is 1. The third kappa shape index (κ3) is 6.60. The Labute approximate surface area is 150 Å². The molecule has 1 amide bonds. The summed E-state index contributed by atoms with van der Waals surface area (Å²) in [5.41, 5.74) is 1.56. The molecule has 0 fully saturated rings. The van der Waals surface area contributed by atoms with Crippen LogP contribution in [0.3, 0.4) is 0 Å². The number of nitro groups is 1. The number of aryl methyl sites for hydroxylation is 1. The summed E-state index contributed by atoms with van der Waals surface area (Å²) in [5.74, 6) is 0.408. The van der Waals surface area contributed by atoms with E-state index >= 15 is 0 Å². The van der Waals surface area contributed by atoms with E-state index in [0.717, 1.165) is 11.3 Å².